The molecular formula is C71H92B4N10O11S4. The number of hydrogen-bond acceptors (Lipinski definition) is 15. The molecule has 528 valence electrons. The maximum absolute atomic E-state index is 12.1. The molecule has 16 rings (SSSR count). The number of allylic oxidation sites excluding steroid dienone is 6. The zero-order valence-electron chi connectivity index (χ0n) is 57.5. The lowest BCUT2D eigenvalue weighted by atomic mass is 9.54. The van der Waals surface area contributed by atoms with Gasteiger partial charge in [-0.25, -0.2) is 54.1 Å². The third-order valence-corrected chi connectivity index (χ3v) is 27.8. The van der Waals surface area contributed by atoms with Crippen molar-refractivity contribution in [2.45, 2.75) is 167 Å². The molecule has 6 aromatic heterocycles. The number of nitrogens with one attached hydrogen (secondary N) is 6. The number of aromatic amines is 2. The van der Waals surface area contributed by atoms with E-state index in [2.05, 4.69) is 85.0 Å². The van der Waals surface area contributed by atoms with Crippen molar-refractivity contribution in [3.63, 3.8) is 0 Å². The molecule has 1 unspecified atom stereocenters. The number of rotatable bonds is 20. The SMILES string of the molecule is C=S(=O)(CC)NC1CC(C2=CB(O)Cc3cnc4[nH]ccc4c32)C1.CCCCS(=O)(=O)NC1CC(C2=CB(O)Cc3cnc4[nH]ccc4c32)C1.CCCS(=O)(=O)NC1CC(C2=CB(O)Cc3cnc4c(c32)C=CC4)C1.CCCS(=O)(=O)NC1CC(C2=CB(O)Cc3cnc4c(c32)C=CC4)C1. The van der Waals surface area contributed by atoms with Crippen molar-refractivity contribution in [3.8, 4) is 0 Å². The normalized spacial score (nSPS) is 24.4. The Morgan fingerprint density at radius 1 is 0.460 bits per heavy atom. The summed E-state index contributed by atoms with van der Waals surface area (Å²) in [6.45, 7) is 5.70. The minimum atomic E-state index is -3.19. The molecule has 4 aliphatic heterocycles. The zero-order chi connectivity index (χ0) is 70.4. The van der Waals surface area contributed by atoms with E-state index in [0.717, 1.165) is 132 Å². The Balaban J connectivity index is 0.000000120. The van der Waals surface area contributed by atoms with Crippen molar-refractivity contribution in [3.05, 3.63) is 152 Å². The third kappa shape index (κ3) is 16.0. The molecule has 1 atom stereocenters. The van der Waals surface area contributed by atoms with Crippen LogP contribution >= 0.6 is 0 Å². The Hall–Kier alpha value is -6.07. The van der Waals surface area contributed by atoms with Gasteiger partial charge in [0.15, 0.2) is 0 Å². The summed E-state index contributed by atoms with van der Waals surface area (Å²) in [6, 6.07) is 4.34. The topological polar surface area (TPSA) is 332 Å². The summed E-state index contributed by atoms with van der Waals surface area (Å²) in [6.07, 6.45) is 33.3. The van der Waals surface area contributed by atoms with Crippen molar-refractivity contribution in [2.75, 3.05) is 23.0 Å². The summed E-state index contributed by atoms with van der Waals surface area (Å²) < 4.78 is 95.7. The average molecular weight is 1430 g/mol. The highest BCUT2D eigenvalue weighted by Gasteiger charge is 2.43. The van der Waals surface area contributed by atoms with E-state index in [1.54, 1.807) is 0 Å². The molecule has 29 heteroatoms. The van der Waals surface area contributed by atoms with Gasteiger partial charge in [0.2, 0.25) is 30.1 Å². The van der Waals surface area contributed by atoms with Gasteiger partial charge in [0, 0.05) is 112 Å². The first kappa shape index (κ1) is 72.3. The van der Waals surface area contributed by atoms with Crippen LogP contribution in [-0.4, -0.2) is 160 Å². The van der Waals surface area contributed by atoms with Gasteiger partial charge in [-0.3, -0.25) is 14.2 Å². The Kier molecular flexibility index (Phi) is 21.7. The third-order valence-electron chi connectivity index (χ3n) is 21.3. The van der Waals surface area contributed by atoms with E-state index < -0.39 is 67.4 Å². The van der Waals surface area contributed by atoms with E-state index in [4.69, 9.17) is 0 Å². The summed E-state index contributed by atoms with van der Waals surface area (Å²) in [5, 5.41) is 43.1. The smallest absolute Gasteiger partial charge is 0.321 e. The number of H-pyrrole nitrogens is 2. The van der Waals surface area contributed by atoms with Crippen LogP contribution in [-0.2, 0) is 77.9 Å². The van der Waals surface area contributed by atoms with E-state index in [9.17, 15) is 49.6 Å². The van der Waals surface area contributed by atoms with Crippen LogP contribution in [0.25, 0.3) is 56.5 Å². The first-order chi connectivity index (χ1) is 47.9. The van der Waals surface area contributed by atoms with Gasteiger partial charge in [-0.15, -0.1) is 0 Å². The van der Waals surface area contributed by atoms with Gasteiger partial charge in [0.1, 0.15) is 11.3 Å². The van der Waals surface area contributed by atoms with Crippen LogP contribution in [0.1, 0.15) is 172 Å². The highest BCUT2D eigenvalue weighted by molar-refractivity contribution is 7.98. The van der Waals surface area contributed by atoms with Gasteiger partial charge in [-0.05, 0) is 204 Å². The van der Waals surface area contributed by atoms with Gasteiger partial charge in [-0.1, -0.05) is 82.3 Å². The Morgan fingerprint density at radius 3 is 1.14 bits per heavy atom. The fourth-order valence-electron chi connectivity index (χ4n) is 16.3. The molecule has 0 bridgehead atoms. The summed E-state index contributed by atoms with van der Waals surface area (Å²) in [5.41, 5.74) is 20.2. The van der Waals surface area contributed by atoms with Crippen molar-refractivity contribution in [1.29, 1.82) is 0 Å². The van der Waals surface area contributed by atoms with Crippen LogP contribution in [0.15, 0.2) is 85.4 Å². The van der Waals surface area contributed by atoms with Crippen LogP contribution in [0.3, 0.4) is 0 Å². The number of sulfonamides is 3. The zero-order valence-corrected chi connectivity index (χ0v) is 60.8. The monoisotopic (exact) mass is 1430 g/mol. The Labute approximate surface area is 590 Å². The van der Waals surface area contributed by atoms with E-state index in [1.165, 1.54) is 50.1 Å². The summed E-state index contributed by atoms with van der Waals surface area (Å²) >= 11 is 0. The van der Waals surface area contributed by atoms with Crippen molar-refractivity contribution in [1.82, 2.24) is 48.8 Å². The summed E-state index contributed by atoms with van der Waals surface area (Å²) in [7, 11) is -11.7. The van der Waals surface area contributed by atoms with Gasteiger partial charge in [0.25, 0.3) is 0 Å². The van der Waals surface area contributed by atoms with Crippen LogP contribution < -0.4 is 18.9 Å². The summed E-state index contributed by atoms with van der Waals surface area (Å²) in [4.78, 5) is 24.3. The second-order valence-corrected chi connectivity index (χ2v) is 37.0. The fraction of sp³-hybridized carbons (Fsp3) is 0.479. The molecule has 10 aliphatic rings. The second-order valence-electron chi connectivity index (χ2n) is 29.0. The van der Waals surface area contributed by atoms with Crippen molar-refractivity contribution < 1.29 is 49.6 Å². The van der Waals surface area contributed by atoms with E-state index >= 15 is 0 Å². The largest absolute Gasteiger partial charge is 0.446 e. The molecule has 0 radical (unpaired) electrons. The molecule has 4 saturated carbocycles. The standard InChI is InChI=1S/C18H24BN3O3S.2C18H23BN2O3S.C17H22BN3O2S/c1-2-3-6-26(24,25)22-14-7-12(8-14)16-10-19(23)9-13-11-21-18-15(17(13)16)4-5-20-18;2*1-2-6-25(23,24)21-14-7-12(8-14)16-10-19(22)9-13-11-20-17-5-3-4-15(17)18(13)16;1-3-24(2,23)21-13-6-11(7-13)15-9-18(22)8-12-10-20-17-14(16(12)15)4-5-19-17/h4-5,10-12,14,22-23H,2-3,6-9H2,1H3,(H,20,21);2*3-4,10-12,14,21-22H,2,5-9H2,1H3;4-5,9-11,13,22H,2-3,6-8H2,1H3,(H,19,20)(H,21,23). The molecule has 10 heterocycles. The number of nitrogens with zero attached hydrogens (tertiary/aromatic N) is 4. The van der Waals surface area contributed by atoms with Crippen molar-refractivity contribution >= 4 is 130 Å². The number of hydrogen-bond donors (Lipinski definition) is 10. The first-order valence-electron chi connectivity index (χ1n) is 35.8. The maximum Gasteiger partial charge on any atom is 0.321 e. The average Bonchev–Trinajstić information content (AvgIpc) is 1.31. The molecule has 0 aromatic carbocycles. The molecule has 6 aliphatic carbocycles. The summed E-state index contributed by atoms with van der Waals surface area (Å²) in [5.74, 6) is 14.0. The fourth-order valence-corrected chi connectivity index (χ4v) is 21.5. The van der Waals surface area contributed by atoms with Crippen LogP contribution in [0.5, 0.6) is 0 Å². The van der Waals surface area contributed by atoms with Crippen molar-refractivity contribution in [2.24, 2.45) is 23.7 Å². The quantitative estimate of drug-likeness (QED) is 0.0268. The number of pyridine rings is 4. The minimum absolute atomic E-state index is 0.00571. The molecular weight excluding hydrogens is 1340 g/mol. The Bertz CT molecular complexity index is 4620. The second kappa shape index (κ2) is 30.0. The number of fused-ring (bicyclic) bond motifs is 12. The molecule has 21 nitrogen and oxygen atoms in total. The van der Waals surface area contributed by atoms with Gasteiger partial charge in [-0.2, -0.15) is 0 Å². The molecule has 4 fully saturated rings. The van der Waals surface area contributed by atoms with Gasteiger partial charge >= 0.3 is 27.7 Å². The molecule has 10 N–H and O–H groups in total. The van der Waals surface area contributed by atoms with E-state index in [-0.39, 0.29) is 47.3 Å². The van der Waals surface area contributed by atoms with E-state index in [1.807, 2.05) is 94.8 Å². The number of unbranched alkanes of at least 4 members (excludes halogenated alkanes) is 1. The van der Waals surface area contributed by atoms with Gasteiger partial charge < -0.3 is 30.1 Å². The Morgan fingerprint density at radius 2 is 0.790 bits per heavy atom. The number of aromatic nitrogens is 6. The minimum Gasteiger partial charge on any atom is -0.446 e. The molecule has 0 spiro atoms. The van der Waals surface area contributed by atoms with E-state index in [0.29, 0.717) is 68.0 Å². The molecule has 100 heavy (non-hydrogen) atoms. The molecule has 6 aromatic rings. The van der Waals surface area contributed by atoms with Crippen LogP contribution in [0.4, 0.5) is 0 Å². The van der Waals surface area contributed by atoms with Gasteiger partial charge in [0.05, 0.1) is 28.6 Å². The predicted molar refractivity (Wildman–Crippen MR) is 406 cm³/mol. The molecule has 0 saturated heterocycles. The lowest BCUT2D eigenvalue weighted by Gasteiger charge is -2.40. The van der Waals surface area contributed by atoms with Crippen LogP contribution in [0.2, 0.25) is 0 Å². The maximum atomic E-state index is 12.1. The predicted octanol–water partition coefficient (Wildman–Crippen LogP) is 7.17. The lowest BCUT2D eigenvalue weighted by Crippen LogP contribution is -2.45. The molecule has 0 amide bonds. The highest BCUT2D eigenvalue weighted by Crippen LogP contribution is 2.49. The lowest BCUT2D eigenvalue weighted by molar-refractivity contribution is 0.310. The first-order valence-corrected chi connectivity index (χ1v) is 42.7. The highest BCUT2D eigenvalue weighted by atomic mass is 32.2. The van der Waals surface area contributed by atoms with Crippen LogP contribution in [0, 0.1) is 23.7 Å².